The standard InChI is InChI=1S/C10H16O3S/c1-7-6-14(11,12)13-9-5-10(2,3)4-8(7)9/h8-9H,1,4-6H2,2-3H3/t8-,9-/m0/s1. The zero-order valence-electron chi connectivity index (χ0n) is 8.62. The largest absolute Gasteiger partial charge is 0.271 e. The van der Waals surface area contributed by atoms with E-state index in [-0.39, 0.29) is 23.2 Å². The SMILES string of the molecule is C=C1CS(=O)(=O)O[C@H]2CC(C)(C)C[C@@H]12. The van der Waals surface area contributed by atoms with Crippen molar-refractivity contribution in [2.24, 2.45) is 11.3 Å². The molecule has 2 aliphatic rings. The minimum atomic E-state index is -3.34. The van der Waals surface area contributed by atoms with Gasteiger partial charge in [0.2, 0.25) is 0 Å². The first-order valence-electron chi connectivity index (χ1n) is 4.88. The Balaban J connectivity index is 2.27. The maximum absolute atomic E-state index is 11.3. The van der Waals surface area contributed by atoms with Gasteiger partial charge in [-0.15, -0.1) is 0 Å². The van der Waals surface area contributed by atoms with Crippen molar-refractivity contribution in [2.45, 2.75) is 32.8 Å². The summed E-state index contributed by atoms with van der Waals surface area (Å²) in [7, 11) is -3.34. The Morgan fingerprint density at radius 3 is 2.71 bits per heavy atom. The molecule has 0 bridgehead atoms. The Morgan fingerprint density at radius 1 is 1.43 bits per heavy atom. The van der Waals surface area contributed by atoms with Crippen LogP contribution in [0.1, 0.15) is 26.7 Å². The molecule has 0 N–H and O–H groups in total. The van der Waals surface area contributed by atoms with Crippen molar-refractivity contribution in [1.82, 2.24) is 0 Å². The summed E-state index contributed by atoms with van der Waals surface area (Å²) in [6.07, 6.45) is 1.65. The highest BCUT2D eigenvalue weighted by Gasteiger charge is 2.46. The average Bonchev–Trinajstić information content (AvgIpc) is 2.21. The molecule has 1 aliphatic heterocycles. The molecule has 1 saturated heterocycles. The van der Waals surface area contributed by atoms with Gasteiger partial charge in [0.05, 0.1) is 11.9 Å². The van der Waals surface area contributed by atoms with Crippen LogP contribution in [0.3, 0.4) is 0 Å². The van der Waals surface area contributed by atoms with Crippen molar-refractivity contribution in [3.63, 3.8) is 0 Å². The van der Waals surface area contributed by atoms with Gasteiger partial charge in [0.1, 0.15) is 0 Å². The van der Waals surface area contributed by atoms with E-state index in [1.165, 1.54) is 0 Å². The maximum atomic E-state index is 11.3. The third-order valence-electron chi connectivity index (χ3n) is 3.13. The summed E-state index contributed by atoms with van der Waals surface area (Å²) in [5.41, 5.74) is 1.00. The molecule has 0 unspecified atom stereocenters. The third kappa shape index (κ3) is 1.73. The zero-order chi connectivity index (χ0) is 10.6. The normalized spacial score (nSPS) is 39.4. The lowest BCUT2D eigenvalue weighted by atomic mass is 9.89. The van der Waals surface area contributed by atoms with Crippen LogP contribution in [0.2, 0.25) is 0 Å². The van der Waals surface area contributed by atoms with Crippen molar-refractivity contribution < 1.29 is 12.6 Å². The molecule has 2 rings (SSSR count). The first-order chi connectivity index (χ1) is 6.29. The Hall–Kier alpha value is -0.350. The minimum absolute atomic E-state index is 0.00421. The summed E-state index contributed by atoms with van der Waals surface area (Å²) < 4.78 is 27.8. The van der Waals surface area contributed by atoms with Gasteiger partial charge in [0.25, 0.3) is 10.1 Å². The van der Waals surface area contributed by atoms with Crippen LogP contribution in [0.4, 0.5) is 0 Å². The van der Waals surface area contributed by atoms with Gasteiger partial charge >= 0.3 is 0 Å². The number of rotatable bonds is 0. The van der Waals surface area contributed by atoms with Crippen LogP contribution in [0.15, 0.2) is 12.2 Å². The Labute approximate surface area is 85.3 Å². The van der Waals surface area contributed by atoms with Gasteiger partial charge in [0.15, 0.2) is 0 Å². The molecule has 3 nitrogen and oxygen atoms in total. The lowest BCUT2D eigenvalue weighted by molar-refractivity contribution is 0.165. The van der Waals surface area contributed by atoms with Gasteiger partial charge in [-0.3, -0.25) is 4.18 Å². The monoisotopic (exact) mass is 216 g/mol. The van der Waals surface area contributed by atoms with E-state index in [2.05, 4.69) is 20.4 Å². The summed E-state index contributed by atoms with van der Waals surface area (Å²) in [5, 5.41) is 0. The number of fused-ring (bicyclic) bond motifs is 1. The van der Waals surface area contributed by atoms with Crippen molar-refractivity contribution in [1.29, 1.82) is 0 Å². The molecule has 1 heterocycles. The van der Waals surface area contributed by atoms with E-state index in [4.69, 9.17) is 4.18 Å². The van der Waals surface area contributed by atoms with Crippen LogP contribution in [0, 0.1) is 11.3 Å². The zero-order valence-corrected chi connectivity index (χ0v) is 9.43. The van der Waals surface area contributed by atoms with E-state index in [0.29, 0.717) is 0 Å². The first-order valence-corrected chi connectivity index (χ1v) is 6.45. The molecule has 0 spiro atoms. The molecule has 0 amide bonds. The Morgan fingerprint density at radius 2 is 2.07 bits per heavy atom. The molecule has 1 aliphatic carbocycles. The summed E-state index contributed by atoms with van der Waals surface area (Å²) in [6, 6.07) is 0. The van der Waals surface area contributed by atoms with Crippen molar-refractivity contribution in [2.75, 3.05) is 5.75 Å². The molecule has 80 valence electrons. The fraction of sp³-hybridized carbons (Fsp3) is 0.800. The van der Waals surface area contributed by atoms with E-state index in [9.17, 15) is 8.42 Å². The smallest absolute Gasteiger partial charge is 0.266 e. The summed E-state index contributed by atoms with van der Waals surface area (Å²) in [5.74, 6) is 0.248. The fourth-order valence-electron chi connectivity index (χ4n) is 2.56. The Bertz CT molecular complexity index is 367. The molecule has 4 heteroatoms. The molecule has 0 aromatic carbocycles. The number of hydrogen-bond acceptors (Lipinski definition) is 3. The van der Waals surface area contributed by atoms with E-state index in [1.807, 2.05) is 0 Å². The highest BCUT2D eigenvalue weighted by atomic mass is 32.2. The van der Waals surface area contributed by atoms with Crippen molar-refractivity contribution in [3.05, 3.63) is 12.2 Å². The minimum Gasteiger partial charge on any atom is -0.266 e. The third-order valence-corrected chi connectivity index (χ3v) is 4.40. The Kier molecular flexibility index (Phi) is 2.05. The average molecular weight is 216 g/mol. The molecule has 0 aromatic heterocycles. The van der Waals surface area contributed by atoms with Crippen LogP contribution in [-0.4, -0.2) is 20.3 Å². The predicted octanol–water partition coefficient (Wildman–Crippen LogP) is 1.71. The van der Waals surface area contributed by atoms with Crippen LogP contribution < -0.4 is 0 Å². The maximum Gasteiger partial charge on any atom is 0.271 e. The lowest BCUT2D eigenvalue weighted by Crippen LogP contribution is -2.33. The van der Waals surface area contributed by atoms with Crippen LogP contribution >= 0.6 is 0 Å². The van der Waals surface area contributed by atoms with Gasteiger partial charge in [-0.05, 0) is 18.3 Å². The van der Waals surface area contributed by atoms with Gasteiger partial charge in [-0.25, -0.2) is 0 Å². The van der Waals surface area contributed by atoms with Gasteiger partial charge in [-0.2, -0.15) is 8.42 Å². The van der Waals surface area contributed by atoms with Crippen LogP contribution in [0.25, 0.3) is 0 Å². The quantitative estimate of drug-likeness (QED) is 0.457. The second kappa shape index (κ2) is 2.83. The topological polar surface area (TPSA) is 43.4 Å². The highest BCUT2D eigenvalue weighted by Crippen LogP contribution is 2.48. The number of hydrogen-bond donors (Lipinski definition) is 0. The molecule has 14 heavy (non-hydrogen) atoms. The second-order valence-electron chi connectivity index (χ2n) is 5.17. The first kappa shape index (κ1) is 10.2. The fourth-order valence-corrected chi connectivity index (χ4v) is 3.88. The highest BCUT2D eigenvalue weighted by molar-refractivity contribution is 7.87. The summed E-state index contributed by atoms with van der Waals surface area (Å²) in [4.78, 5) is 0. The van der Waals surface area contributed by atoms with Crippen molar-refractivity contribution in [3.8, 4) is 0 Å². The molecular weight excluding hydrogens is 200 g/mol. The van der Waals surface area contributed by atoms with Crippen LogP contribution in [0.5, 0.6) is 0 Å². The molecule has 0 radical (unpaired) electrons. The molecular formula is C10H16O3S. The summed E-state index contributed by atoms with van der Waals surface area (Å²) >= 11 is 0. The van der Waals surface area contributed by atoms with Gasteiger partial charge in [-0.1, -0.05) is 26.0 Å². The molecule has 0 aromatic rings. The molecule has 1 saturated carbocycles. The van der Waals surface area contributed by atoms with Gasteiger partial charge in [0, 0.05) is 5.92 Å². The second-order valence-corrected chi connectivity index (χ2v) is 6.77. The van der Waals surface area contributed by atoms with E-state index in [0.717, 1.165) is 18.4 Å². The lowest BCUT2D eigenvalue weighted by Gasteiger charge is -2.26. The predicted molar refractivity (Wildman–Crippen MR) is 54.3 cm³/mol. The van der Waals surface area contributed by atoms with Crippen LogP contribution in [-0.2, 0) is 14.3 Å². The molecule has 2 fully saturated rings. The summed E-state index contributed by atoms with van der Waals surface area (Å²) in [6.45, 7) is 8.15. The van der Waals surface area contributed by atoms with E-state index >= 15 is 0 Å². The van der Waals surface area contributed by atoms with Gasteiger partial charge < -0.3 is 0 Å². The molecule has 2 atom stereocenters. The van der Waals surface area contributed by atoms with E-state index < -0.39 is 10.1 Å². The van der Waals surface area contributed by atoms with E-state index in [1.54, 1.807) is 0 Å². The van der Waals surface area contributed by atoms with Crippen molar-refractivity contribution >= 4 is 10.1 Å².